The van der Waals surface area contributed by atoms with Gasteiger partial charge in [-0.1, -0.05) is 51.0 Å². The van der Waals surface area contributed by atoms with Crippen LogP contribution in [0.1, 0.15) is 88.7 Å². The Morgan fingerprint density at radius 1 is 0.955 bits per heavy atom. The van der Waals surface area contributed by atoms with Crippen LogP contribution in [0.25, 0.3) is 0 Å². The van der Waals surface area contributed by atoms with Crippen molar-refractivity contribution in [3.63, 3.8) is 0 Å². The molecule has 0 N–H and O–H groups in total. The molecular weight excluding hydrogens is 268 g/mol. The second-order valence-electron chi connectivity index (χ2n) is 6.96. The third-order valence-electron chi connectivity index (χ3n) is 5.20. The van der Waals surface area contributed by atoms with Crippen molar-refractivity contribution in [2.24, 2.45) is 5.92 Å². The zero-order valence-corrected chi connectivity index (χ0v) is 14.4. The molecule has 0 amide bonds. The molecule has 0 radical (unpaired) electrons. The van der Waals surface area contributed by atoms with E-state index >= 15 is 0 Å². The fourth-order valence-electron chi connectivity index (χ4n) is 3.73. The van der Waals surface area contributed by atoms with Crippen LogP contribution < -0.4 is 0 Å². The summed E-state index contributed by atoms with van der Waals surface area (Å²) in [5.74, 6) is 1.53. The van der Waals surface area contributed by atoms with Crippen LogP contribution >= 0.6 is 0 Å². The number of benzene rings is 1. The number of ketones is 1. The Bertz CT molecular complexity index is 437. The van der Waals surface area contributed by atoms with E-state index in [4.69, 9.17) is 0 Å². The molecule has 1 nitrogen and oxygen atoms in total. The van der Waals surface area contributed by atoms with Crippen LogP contribution in [0, 0.1) is 5.92 Å². The summed E-state index contributed by atoms with van der Waals surface area (Å²) in [5.41, 5.74) is 2.96. The van der Waals surface area contributed by atoms with Crippen LogP contribution in [0.15, 0.2) is 24.3 Å². The lowest BCUT2D eigenvalue weighted by Crippen LogP contribution is -2.20. The molecule has 22 heavy (non-hydrogen) atoms. The van der Waals surface area contributed by atoms with Gasteiger partial charge in [-0.05, 0) is 62.0 Å². The van der Waals surface area contributed by atoms with Crippen LogP contribution in [0.4, 0.5) is 0 Å². The summed E-state index contributed by atoms with van der Waals surface area (Å²) in [6, 6.07) is 9.30. The van der Waals surface area contributed by atoms with E-state index in [0.717, 1.165) is 25.7 Å². The largest absolute Gasteiger partial charge is 0.299 e. The first-order valence-corrected chi connectivity index (χ1v) is 9.36. The fourth-order valence-corrected chi connectivity index (χ4v) is 3.73. The first-order chi connectivity index (χ1) is 10.7. The number of carbonyl (C=O) groups is 1. The summed E-state index contributed by atoms with van der Waals surface area (Å²) in [6.45, 7) is 4.36. The zero-order chi connectivity index (χ0) is 15.8. The van der Waals surface area contributed by atoms with E-state index < -0.39 is 0 Å². The molecule has 2 rings (SSSR count). The molecule has 1 saturated carbocycles. The number of Topliss-reactive ketones (excluding diaryl/α,β-unsaturated/α-hetero) is 1. The summed E-state index contributed by atoms with van der Waals surface area (Å²) in [6.07, 6.45) is 11.5. The van der Waals surface area contributed by atoms with Crippen LogP contribution in [0.5, 0.6) is 0 Å². The minimum Gasteiger partial charge on any atom is -0.299 e. The number of aryl methyl sites for hydroxylation is 1. The van der Waals surface area contributed by atoms with Crippen molar-refractivity contribution in [2.45, 2.75) is 84.0 Å². The van der Waals surface area contributed by atoms with Crippen molar-refractivity contribution >= 4 is 5.78 Å². The minimum absolute atomic E-state index is 0.351. The number of unbranched alkanes of at least 4 members (excludes halogenated alkanes) is 2. The van der Waals surface area contributed by atoms with Gasteiger partial charge in [-0.15, -0.1) is 0 Å². The van der Waals surface area contributed by atoms with Gasteiger partial charge in [-0.25, -0.2) is 0 Å². The van der Waals surface area contributed by atoms with Crippen LogP contribution in [0.2, 0.25) is 0 Å². The maximum absolute atomic E-state index is 12.0. The normalized spacial score (nSPS) is 21.7. The average molecular weight is 300 g/mol. The Hall–Kier alpha value is -1.11. The fraction of sp³-hybridized carbons (Fsp3) is 0.667. The average Bonchev–Trinajstić information content (AvgIpc) is 2.56. The third kappa shape index (κ3) is 4.97. The molecule has 0 saturated heterocycles. The Morgan fingerprint density at radius 3 is 2.23 bits per heavy atom. The zero-order valence-electron chi connectivity index (χ0n) is 14.4. The van der Waals surface area contributed by atoms with Crippen molar-refractivity contribution in [1.82, 2.24) is 0 Å². The highest BCUT2D eigenvalue weighted by Gasteiger charge is 2.26. The van der Waals surface area contributed by atoms with E-state index in [0.29, 0.717) is 17.6 Å². The topological polar surface area (TPSA) is 17.1 Å². The highest BCUT2D eigenvalue weighted by Crippen LogP contribution is 2.36. The lowest BCUT2D eigenvalue weighted by Gasteiger charge is -2.28. The van der Waals surface area contributed by atoms with E-state index in [2.05, 4.69) is 38.1 Å². The molecule has 1 aromatic rings. The second-order valence-corrected chi connectivity index (χ2v) is 6.96. The van der Waals surface area contributed by atoms with Gasteiger partial charge in [0.25, 0.3) is 0 Å². The molecule has 122 valence electrons. The van der Waals surface area contributed by atoms with Crippen LogP contribution in [-0.2, 0) is 11.2 Å². The molecule has 1 aromatic carbocycles. The Labute approximate surface area is 136 Å². The molecule has 0 aromatic heterocycles. The van der Waals surface area contributed by atoms with Crippen molar-refractivity contribution in [1.29, 1.82) is 0 Å². The number of carbonyl (C=O) groups excluding carboxylic acids is 1. The van der Waals surface area contributed by atoms with Gasteiger partial charge in [0.2, 0.25) is 0 Å². The van der Waals surface area contributed by atoms with E-state index in [-0.39, 0.29) is 0 Å². The first kappa shape index (κ1) is 17.2. The molecular formula is C21H32O. The first-order valence-electron chi connectivity index (χ1n) is 9.36. The van der Waals surface area contributed by atoms with Crippen LogP contribution in [0.3, 0.4) is 0 Å². The monoisotopic (exact) mass is 300 g/mol. The maximum Gasteiger partial charge on any atom is 0.135 e. The highest BCUT2D eigenvalue weighted by atomic mass is 16.1. The molecule has 1 aliphatic carbocycles. The Morgan fingerprint density at radius 2 is 1.64 bits per heavy atom. The molecule has 1 heteroatoms. The van der Waals surface area contributed by atoms with Crippen molar-refractivity contribution < 1.29 is 4.79 Å². The number of hydrogen-bond donors (Lipinski definition) is 0. The lowest BCUT2D eigenvalue weighted by molar-refractivity contribution is -0.123. The van der Waals surface area contributed by atoms with Gasteiger partial charge in [0, 0.05) is 12.3 Å². The summed E-state index contributed by atoms with van der Waals surface area (Å²) in [5, 5.41) is 0. The molecule has 0 atom stereocenters. The number of hydrogen-bond acceptors (Lipinski definition) is 1. The minimum atomic E-state index is 0.351. The van der Waals surface area contributed by atoms with E-state index in [1.54, 1.807) is 0 Å². The molecule has 1 fully saturated rings. The van der Waals surface area contributed by atoms with Crippen molar-refractivity contribution in [3.8, 4) is 0 Å². The van der Waals surface area contributed by atoms with E-state index in [1.165, 1.54) is 49.7 Å². The molecule has 0 spiro atoms. The smallest absolute Gasteiger partial charge is 0.135 e. The summed E-state index contributed by atoms with van der Waals surface area (Å²) in [4.78, 5) is 12.0. The third-order valence-corrected chi connectivity index (χ3v) is 5.20. The summed E-state index contributed by atoms with van der Waals surface area (Å²) in [7, 11) is 0. The SMILES string of the molecule is CCCCCc1ccc(C2CCC(C(=O)CCC)CC2)cc1. The Kier molecular flexibility index (Phi) is 7.15. The predicted molar refractivity (Wildman–Crippen MR) is 94.3 cm³/mol. The quantitative estimate of drug-likeness (QED) is 0.533. The van der Waals surface area contributed by atoms with E-state index in [9.17, 15) is 4.79 Å². The van der Waals surface area contributed by atoms with Crippen molar-refractivity contribution in [2.75, 3.05) is 0 Å². The van der Waals surface area contributed by atoms with E-state index in [1.807, 2.05) is 0 Å². The van der Waals surface area contributed by atoms with Gasteiger partial charge in [0.1, 0.15) is 5.78 Å². The van der Waals surface area contributed by atoms with Gasteiger partial charge in [-0.3, -0.25) is 4.79 Å². The van der Waals surface area contributed by atoms with Crippen LogP contribution in [-0.4, -0.2) is 5.78 Å². The lowest BCUT2D eigenvalue weighted by atomic mass is 9.76. The molecule has 0 heterocycles. The summed E-state index contributed by atoms with van der Waals surface area (Å²) >= 11 is 0. The Balaban J connectivity index is 1.82. The summed E-state index contributed by atoms with van der Waals surface area (Å²) < 4.78 is 0. The molecule has 1 aliphatic rings. The highest BCUT2D eigenvalue weighted by molar-refractivity contribution is 5.81. The predicted octanol–water partition coefficient (Wildman–Crippen LogP) is 6.06. The number of rotatable bonds is 8. The van der Waals surface area contributed by atoms with Gasteiger partial charge >= 0.3 is 0 Å². The molecule has 0 unspecified atom stereocenters. The molecule has 0 bridgehead atoms. The van der Waals surface area contributed by atoms with Gasteiger partial charge in [-0.2, -0.15) is 0 Å². The van der Waals surface area contributed by atoms with Gasteiger partial charge in [0.05, 0.1) is 0 Å². The second kappa shape index (κ2) is 9.12. The standard InChI is InChI=1S/C21H32O/c1-3-5-6-8-17-9-11-18(12-10-17)19-13-15-20(16-14-19)21(22)7-4-2/h9-12,19-20H,3-8,13-16H2,1-2H3. The van der Waals surface area contributed by atoms with Gasteiger partial charge < -0.3 is 0 Å². The van der Waals surface area contributed by atoms with Gasteiger partial charge in [0.15, 0.2) is 0 Å². The maximum atomic E-state index is 12.0. The van der Waals surface area contributed by atoms with Crippen molar-refractivity contribution in [3.05, 3.63) is 35.4 Å². The molecule has 0 aliphatic heterocycles.